The van der Waals surface area contributed by atoms with Crippen LogP contribution in [0, 0.1) is 23.1 Å². The first kappa shape index (κ1) is 17.2. The van der Waals surface area contributed by atoms with Gasteiger partial charge in [-0.05, 0) is 23.6 Å². The minimum atomic E-state index is -0.573. The van der Waals surface area contributed by atoms with Gasteiger partial charge in [-0.15, -0.1) is 0 Å². The van der Waals surface area contributed by atoms with Gasteiger partial charge in [0.15, 0.2) is 0 Å². The van der Waals surface area contributed by atoms with Crippen molar-refractivity contribution < 1.29 is 14.3 Å². The second-order valence-corrected chi connectivity index (χ2v) is 6.19. The van der Waals surface area contributed by atoms with Crippen LogP contribution in [0.4, 0.5) is 4.39 Å². The summed E-state index contributed by atoms with van der Waals surface area (Å²) < 4.78 is 14.0. The number of carbonyl (C=O) groups excluding carboxylic acids is 1. The number of hydrogen-bond acceptors (Lipinski definition) is 2. The van der Waals surface area contributed by atoms with Crippen LogP contribution in [-0.2, 0) is 0 Å². The Morgan fingerprint density at radius 3 is 2.57 bits per heavy atom. The normalized spacial score (nSPS) is 10.8. The van der Waals surface area contributed by atoms with E-state index in [-0.39, 0.29) is 23.5 Å². The van der Waals surface area contributed by atoms with E-state index in [1.54, 1.807) is 13.1 Å². The van der Waals surface area contributed by atoms with Crippen molar-refractivity contribution in [3.63, 3.8) is 0 Å². The fourth-order valence-corrected chi connectivity index (χ4v) is 1.98. The number of benzene rings is 1. The number of nitrogens with zero attached hydrogens (tertiary/aromatic N) is 1. The van der Waals surface area contributed by atoms with Crippen molar-refractivity contribution in [2.24, 2.45) is 5.41 Å². The maximum Gasteiger partial charge on any atom is 0.256 e. The van der Waals surface area contributed by atoms with Crippen molar-refractivity contribution in [2.45, 2.75) is 27.2 Å². The molecule has 0 fully saturated rings. The van der Waals surface area contributed by atoms with Crippen molar-refractivity contribution in [2.75, 3.05) is 20.2 Å². The van der Waals surface area contributed by atoms with Crippen LogP contribution in [0.1, 0.15) is 43.1 Å². The maximum atomic E-state index is 14.0. The average Bonchev–Trinajstić information content (AvgIpc) is 2.36. The smallest absolute Gasteiger partial charge is 0.256 e. The molecule has 1 aromatic rings. The van der Waals surface area contributed by atoms with Crippen molar-refractivity contribution in [3.8, 4) is 11.8 Å². The van der Waals surface area contributed by atoms with Crippen molar-refractivity contribution in [3.05, 3.63) is 35.1 Å². The van der Waals surface area contributed by atoms with Crippen LogP contribution in [0.2, 0.25) is 0 Å². The minimum absolute atomic E-state index is 0.0242. The lowest BCUT2D eigenvalue weighted by atomic mass is 9.96. The monoisotopic (exact) mass is 291 g/mol. The summed E-state index contributed by atoms with van der Waals surface area (Å²) in [5, 5.41) is 8.64. The van der Waals surface area contributed by atoms with Crippen molar-refractivity contribution in [1.29, 1.82) is 0 Å². The number of carbonyl (C=O) groups is 1. The van der Waals surface area contributed by atoms with E-state index in [1.165, 1.54) is 17.0 Å². The van der Waals surface area contributed by atoms with Gasteiger partial charge in [0.1, 0.15) is 5.82 Å². The molecule has 0 atom stereocenters. The van der Waals surface area contributed by atoms with Crippen molar-refractivity contribution in [1.82, 2.24) is 4.90 Å². The summed E-state index contributed by atoms with van der Waals surface area (Å²) >= 11 is 0. The summed E-state index contributed by atoms with van der Waals surface area (Å²) in [7, 11) is 1.67. The third kappa shape index (κ3) is 5.57. The Labute approximate surface area is 125 Å². The van der Waals surface area contributed by atoms with Crippen molar-refractivity contribution >= 4 is 5.91 Å². The third-order valence-electron chi connectivity index (χ3n) is 2.73. The number of amides is 1. The van der Waals surface area contributed by atoms with Crippen LogP contribution in [0.15, 0.2) is 18.2 Å². The zero-order valence-corrected chi connectivity index (χ0v) is 13.0. The molecule has 114 valence electrons. The number of aliphatic hydroxyl groups excluding tert-OH is 1. The van der Waals surface area contributed by atoms with E-state index in [4.69, 9.17) is 5.11 Å². The zero-order chi connectivity index (χ0) is 16.0. The molecule has 0 heterocycles. The molecule has 0 aliphatic carbocycles. The Hall–Kier alpha value is -1.86. The van der Waals surface area contributed by atoms with Crippen LogP contribution >= 0.6 is 0 Å². The Morgan fingerprint density at radius 1 is 1.38 bits per heavy atom. The lowest BCUT2D eigenvalue weighted by molar-refractivity contribution is 0.0741. The van der Waals surface area contributed by atoms with Crippen LogP contribution in [-0.4, -0.2) is 36.1 Å². The quantitative estimate of drug-likeness (QED) is 0.870. The molecule has 0 radical (unpaired) electrons. The number of halogens is 1. The summed E-state index contributed by atoms with van der Waals surface area (Å²) in [6, 6.07) is 4.33. The topological polar surface area (TPSA) is 40.5 Å². The first-order valence-electron chi connectivity index (χ1n) is 6.89. The molecule has 1 rings (SSSR count). The second kappa shape index (κ2) is 7.24. The van der Waals surface area contributed by atoms with Gasteiger partial charge in [0.2, 0.25) is 0 Å². The molecule has 0 spiro atoms. The summed E-state index contributed by atoms with van der Waals surface area (Å²) in [4.78, 5) is 13.8. The van der Waals surface area contributed by atoms with Gasteiger partial charge in [-0.1, -0.05) is 32.6 Å². The molecule has 1 amide bonds. The van der Waals surface area contributed by atoms with Crippen LogP contribution in [0.5, 0.6) is 0 Å². The Bertz CT molecular complexity index is 564. The van der Waals surface area contributed by atoms with Gasteiger partial charge in [-0.25, -0.2) is 4.39 Å². The summed E-state index contributed by atoms with van der Waals surface area (Å²) in [6.07, 6.45) is 0.344. The lowest BCUT2D eigenvalue weighted by Crippen LogP contribution is -2.34. The molecule has 0 saturated heterocycles. The summed E-state index contributed by atoms with van der Waals surface area (Å²) in [6.45, 7) is 6.58. The van der Waals surface area contributed by atoms with E-state index >= 15 is 0 Å². The van der Waals surface area contributed by atoms with Crippen LogP contribution in [0.3, 0.4) is 0 Å². The molecule has 0 aliphatic heterocycles. The highest BCUT2D eigenvalue weighted by molar-refractivity contribution is 5.94. The molecule has 3 nitrogen and oxygen atoms in total. The van der Waals surface area contributed by atoms with E-state index < -0.39 is 5.82 Å². The van der Waals surface area contributed by atoms with Gasteiger partial charge in [-0.3, -0.25) is 4.79 Å². The first-order chi connectivity index (χ1) is 9.74. The molecule has 4 heteroatoms. The number of hydrogen-bond donors (Lipinski definition) is 1. The molecule has 1 aromatic carbocycles. The molecule has 0 aromatic heterocycles. The van der Waals surface area contributed by atoms with Gasteiger partial charge in [-0.2, -0.15) is 0 Å². The molecule has 21 heavy (non-hydrogen) atoms. The summed E-state index contributed by atoms with van der Waals surface area (Å²) in [5.74, 6) is 4.56. The largest absolute Gasteiger partial charge is 0.395 e. The van der Waals surface area contributed by atoms with Gasteiger partial charge in [0.25, 0.3) is 5.91 Å². The van der Waals surface area contributed by atoms with Gasteiger partial charge in [0.05, 0.1) is 12.2 Å². The molecular weight excluding hydrogens is 269 g/mol. The van der Waals surface area contributed by atoms with E-state index in [2.05, 4.69) is 11.8 Å². The fraction of sp³-hybridized carbons (Fsp3) is 0.471. The molecule has 0 bridgehead atoms. The van der Waals surface area contributed by atoms with Gasteiger partial charge >= 0.3 is 0 Å². The molecular formula is C17H22FNO2. The maximum absolute atomic E-state index is 14.0. The highest BCUT2D eigenvalue weighted by Gasteiger charge is 2.21. The van der Waals surface area contributed by atoms with E-state index in [0.29, 0.717) is 18.5 Å². The van der Waals surface area contributed by atoms with E-state index in [9.17, 15) is 9.18 Å². The second-order valence-electron chi connectivity index (χ2n) is 6.19. The highest BCUT2D eigenvalue weighted by Crippen LogP contribution is 2.17. The average molecular weight is 291 g/mol. The predicted octanol–water partition coefficient (Wildman–Crippen LogP) is 2.68. The first-order valence-corrected chi connectivity index (χ1v) is 6.89. The van der Waals surface area contributed by atoms with Gasteiger partial charge in [0, 0.05) is 25.6 Å². The molecule has 0 saturated carbocycles. The van der Waals surface area contributed by atoms with Crippen LogP contribution < -0.4 is 0 Å². The molecule has 1 N–H and O–H groups in total. The fourth-order valence-electron chi connectivity index (χ4n) is 1.98. The SMILES string of the molecule is CN(CC(C)(C)C)C(=O)c1ccc(C#CCCO)cc1F. The third-order valence-corrected chi connectivity index (χ3v) is 2.73. The highest BCUT2D eigenvalue weighted by atomic mass is 19.1. The Balaban J connectivity index is 2.90. The molecule has 0 unspecified atom stereocenters. The standard InChI is InChI=1S/C17H22FNO2/c1-17(2,3)12-19(4)16(21)14-9-8-13(11-15(14)18)7-5-6-10-20/h8-9,11,20H,6,10,12H2,1-4H3. The van der Waals surface area contributed by atoms with Gasteiger partial charge < -0.3 is 10.0 Å². The van der Waals surface area contributed by atoms with E-state index in [0.717, 1.165) is 0 Å². The molecule has 0 aliphatic rings. The summed E-state index contributed by atoms with van der Waals surface area (Å²) in [5.41, 5.74) is 0.502. The Kier molecular flexibility index (Phi) is 5.92. The minimum Gasteiger partial charge on any atom is -0.395 e. The predicted molar refractivity (Wildman–Crippen MR) is 81.4 cm³/mol. The van der Waals surface area contributed by atoms with Crippen LogP contribution in [0.25, 0.3) is 0 Å². The Morgan fingerprint density at radius 2 is 2.05 bits per heavy atom. The zero-order valence-electron chi connectivity index (χ0n) is 13.0. The van der Waals surface area contributed by atoms with E-state index in [1.807, 2.05) is 20.8 Å². The number of aliphatic hydroxyl groups is 1. The number of rotatable bonds is 3. The lowest BCUT2D eigenvalue weighted by Gasteiger charge is -2.26.